The molecule has 0 unspecified atom stereocenters. The molecule has 0 aliphatic heterocycles. The molecule has 0 rings (SSSR count). The van der Waals surface area contributed by atoms with Crippen LogP contribution in [0.15, 0.2) is 0 Å². The zero-order valence-electron chi connectivity index (χ0n) is 5.51. The van der Waals surface area contributed by atoms with Gasteiger partial charge in [0.05, 0.1) is 6.61 Å². The molecule has 0 saturated carbocycles. The summed E-state index contributed by atoms with van der Waals surface area (Å²) in [6, 6.07) is 0. The highest BCUT2D eigenvalue weighted by molar-refractivity contribution is 7.80. The first kappa shape index (κ1) is 8.96. The number of carbonyl (C=O) groups is 1. The van der Waals surface area contributed by atoms with E-state index in [2.05, 4.69) is 27.8 Å². The largest absolute Gasteiger partial charge is 0.449 e. The smallest absolute Gasteiger partial charge is 0.425 e. The quantitative estimate of drug-likeness (QED) is 0.358. The molecule has 6 heteroatoms. The molecule has 0 radical (unpaired) electrons. The molecule has 0 bridgehead atoms. The molecule has 0 aromatic rings. The molecular formula is C4H9N3O2S. The van der Waals surface area contributed by atoms with Crippen LogP contribution in [-0.2, 0) is 4.74 Å². The lowest BCUT2D eigenvalue weighted by Gasteiger charge is -2.04. The van der Waals surface area contributed by atoms with Gasteiger partial charge in [-0.15, -0.1) is 0 Å². The summed E-state index contributed by atoms with van der Waals surface area (Å²) in [5, 5.41) is -0.00643. The zero-order valence-corrected chi connectivity index (χ0v) is 6.33. The van der Waals surface area contributed by atoms with Crippen molar-refractivity contribution in [2.24, 2.45) is 5.73 Å². The third-order valence-electron chi connectivity index (χ3n) is 0.563. The number of nitrogens with two attached hydrogens (primary N) is 1. The van der Waals surface area contributed by atoms with Crippen LogP contribution < -0.4 is 16.6 Å². The Morgan fingerprint density at radius 1 is 1.70 bits per heavy atom. The van der Waals surface area contributed by atoms with E-state index in [4.69, 9.17) is 5.73 Å². The second kappa shape index (κ2) is 4.80. The Morgan fingerprint density at radius 3 is 2.70 bits per heavy atom. The minimum Gasteiger partial charge on any atom is -0.449 e. The van der Waals surface area contributed by atoms with Crippen LogP contribution in [0.4, 0.5) is 4.79 Å². The molecule has 0 aliphatic carbocycles. The Balaban J connectivity index is 3.30. The van der Waals surface area contributed by atoms with Gasteiger partial charge in [-0.3, -0.25) is 5.43 Å². The van der Waals surface area contributed by atoms with Crippen molar-refractivity contribution in [3.63, 3.8) is 0 Å². The number of carbonyl (C=O) groups excluding carboxylic acids is 1. The minimum absolute atomic E-state index is 0.00643. The summed E-state index contributed by atoms with van der Waals surface area (Å²) >= 11 is 4.39. The van der Waals surface area contributed by atoms with Crippen LogP contribution in [0.25, 0.3) is 0 Å². The molecule has 5 nitrogen and oxygen atoms in total. The fourth-order valence-electron chi connectivity index (χ4n) is 0.280. The summed E-state index contributed by atoms with van der Waals surface area (Å²) in [6.45, 7) is 2.01. The number of nitrogens with one attached hydrogen (secondary N) is 2. The lowest BCUT2D eigenvalue weighted by Crippen LogP contribution is -2.44. The van der Waals surface area contributed by atoms with E-state index in [0.29, 0.717) is 6.61 Å². The molecule has 0 aromatic carbocycles. The van der Waals surface area contributed by atoms with E-state index in [0.717, 1.165) is 0 Å². The minimum atomic E-state index is -0.602. The van der Waals surface area contributed by atoms with Gasteiger partial charge in [-0.05, 0) is 19.1 Å². The molecule has 0 saturated heterocycles. The Kier molecular flexibility index (Phi) is 4.30. The number of hydrogen-bond donors (Lipinski definition) is 3. The molecule has 0 atom stereocenters. The van der Waals surface area contributed by atoms with Crippen molar-refractivity contribution in [3.05, 3.63) is 0 Å². The molecule has 0 aliphatic rings. The van der Waals surface area contributed by atoms with Crippen LogP contribution in [-0.4, -0.2) is 17.8 Å². The van der Waals surface area contributed by atoms with Crippen LogP contribution in [0.2, 0.25) is 0 Å². The van der Waals surface area contributed by atoms with Gasteiger partial charge in [0, 0.05) is 0 Å². The predicted molar refractivity (Wildman–Crippen MR) is 40.1 cm³/mol. The molecule has 0 spiro atoms. The van der Waals surface area contributed by atoms with E-state index in [1.165, 1.54) is 0 Å². The van der Waals surface area contributed by atoms with Gasteiger partial charge in [0.25, 0.3) is 0 Å². The lowest BCUT2D eigenvalue weighted by atomic mass is 10.9. The van der Waals surface area contributed by atoms with Crippen molar-refractivity contribution in [3.8, 4) is 0 Å². The Hall–Kier alpha value is -1.04. The summed E-state index contributed by atoms with van der Waals surface area (Å²) in [7, 11) is 0. The normalized spacial score (nSPS) is 8.10. The first-order chi connectivity index (χ1) is 4.66. The van der Waals surface area contributed by atoms with Crippen LogP contribution in [0.3, 0.4) is 0 Å². The van der Waals surface area contributed by atoms with Gasteiger partial charge in [-0.25, -0.2) is 10.2 Å². The Morgan fingerprint density at radius 2 is 2.30 bits per heavy atom. The number of rotatable bonds is 1. The van der Waals surface area contributed by atoms with Crippen molar-refractivity contribution in [2.45, 2.75) is 6.92 Å². The maximum absolute atomic E-state index is 10.4. The number of hydrazine groups is 1. The van der Waals surface area contributed by atoms with E-state index >= 15 is 0 Å². The Labute approximate surface area is 63.9 Å². The fourth-order valence-corrected chi connectivity index (χ4v) is 0.331. The molecule has 0 fully saturated rings. The third-order valence-corrected chi connectivity index (χ3v) is 0.665. The molecule has 10 heavy (non-hydrogen) atoms. The van der Waals surface area contributed by atoms with Gasteiger partial charge < -0.3 is 10.5 Å². The summed E-state index contributed by atoms with van der Waals surface area (Å²) in [4.78, 5) is 10.4. The van der Waals surface area contributed by atoms with E-state index in [9.17, 15) is 4.79 Å². The Bertz CT molecular complexity index is 138. The maximum atomic E-state index is 10.4. The van der Waals surface area contributed by atoms with E-state index < -0.39 is 6.09 Å². The van der Waals surface area contributed by atoms with Crippen LogP contribution in [0.5, 0.6) is 0 Å². The molecule has 58 valence electrons. The van der Waals surface area contributed by atoms with Gasteiger partial charge in [-0.2, -0.15) is 0 Å². The highest BCUT2D eigenvalue weighted by atomic mass is 32.1. The van der Waals surface area contributed by atoms with Crippen molar-refractivity contribution in [2.75, 3.05) is 6.61 Å². The van der Waals surface area contributed by atoms with Crippen LogP contribution in [0, 0.1) is 0 Å². The van der Waals surface area contributed by atoms with Crippen molar-refractivity contribution in [1.82, 2.24) is 10.9 Å². The van der Waals surface area contributed by atoms with Gasteiger partial charge in [0.1, 0.15) is 0 Å². The highest BCUT2D eigenvalue weighted by Gasteiger charge is 1.96. The summed E-state index contributed by atoms with van der Waals surface area (Å²) in [5.41, 5.74) is 9.31. The molecular weight excluding hydrogens is 154 g/mol. The standard InChI is InChI=1S/C4H9N3O2S/c1-2-9-4(8)7-6-3(5)10/h2H2,1H3,(H,7,8)(H3,5,6,10). The zero-order chi connectivity index (χ0) is 7.98. The van der Waals surface area contributed by atoms with Gasteiger partial charge in [0.15, 0.2) is 5.11 Å². The average molecular weight is 163 g/mol. The van der Waals surface area contributed by atoms with Crippen LogP contribution in [0.1, 0.15) is 6.92 Å². The second-order valence-electron chi connectivity index (χ2n) is 1.33. The molecule has 4 N–H and O–H groups in total. The summed E-state index contributed by atoms with van der Waals surface area (Å²) < 4.78 is 4.46. The summed E-state index contributed by atoms with van der Waals surface area (Å²) in [5.74, 6) is 0. The van der Waals surface area contributed by atoms with Gasteiger partial charge in [-0.1, -0.05) is 0 Å². The fraction of sp³-hybridized carbons (Fsp3) is 0.500. The average Bonchev–Trinajstić information content (AvgIpc) is 1.85. The number of amides is 1. The number of hydrogen-bond acceptors (Lipinski definition) is 3. The molecule has 0 aromatic heterocycles. The van der Waals surface area contributed by atoms with E-state index in [1.54, 1.807) is 6.92 Å². The maximum Gasteiger partial charge on any atom is 0.425 e. The SMILES string of the molecule is CCOC(=O)NNC(N)=S. The van der Waals surface area contributed by atoms with Gasteiger partial charge in [0.2, 0.25) is 0 Å². The van der Waals surface area contributed by atoms with E-state index in [-0.39, 0.29) is 5.11 Å². The topological polar surface area (TPSA) is 76.4 Å². The first-order valence-electron chi connectivity index (χ1n) is 2.65. The van der Waals surface area contributed by atoms with Crippen LogP contribution >= 0.6 is 12.2 Å². The number of thiocarbonyl (C=S) groups is 1. The summed E-state index contributed by atoms with van der Waals surface area (Å²) in [6.07, 6.45) is -0.602. The third kappa shape index (κ3) is 5.10. The van der Waals surface area contributed by atoms with Crippen molar-refractivity contribution >= 4 is 23.4 Å². The first-order valence-corrected chi connectivity index (χ1v) is 3.06. The van der Waals surface area contributed by atoms with Crippen molar-refractivity contribution in [1.29, 1.82) is 0 Å². The predicted octanol–water partition coefficient (Wildman–Crippen LogP) is -0.519. The monoisotopic (exact) mass is 163 g/mol. The van der Waals surface area contributed by atoms with Gasteiger partial charge >= 0.3 is 6.09 Å². The highest BCUT2D eigenvalue weighted by Crippen LogP contribution is 1.71. The van der Waals surface area contributed by atoms with Crippen molar-refractivity contribution < 1.29 is 9.53 Å². The second-order valence-corrected chi connectivity index (χ2v) is 1.77. The number of ether oxygens (including phenoxy) is 1. The lowest BCUT2D eigenvalue weighted by molar-refractivity contribution is 0.150. The molecule has 0 heterocycles. The molecule has 1 amide bonds. The van der Waals surface area contributed by atoms with E-state index in [1.807, 2.05) is 0 Å².